The van der Waals surface area contributed by atoms with Crippen LogP contribution < -0.4 is 0 Å². The van der Waals surface area contributed by atoms with Crippen LogP contribution in [0.5, 0.6) is 0 Å². The second-order valence-corrected chi connectivity index (χ2v) is 11.3. The lowest BCUT2D eigenvalue weighted by Crippen LogP contribution is -2.26. The lowest BCUT2D eigenvalue weighted by Gasteiger charge is -2.34. The maximum atomic E-state index is 15.5. The van der Waals surface area contributed by atoms with Gasteiger partial charge in [-0.25, -0.2) is 4.39 Å². The molecule has 3 atom stereocenters. The van der Waals surface area contributed by atoms with E-state index in [9.17, 15) is 0 Å². The van der Waals surface area contributed by atoms with E-state index in [-0.39, 0.29) is 5.92 Å². The fourth-order valence-electron chi connectivity index (χ4n) is 6.55. The van der Waals surface area contributed by atoms with Crippen molar-refractivity contribution in [2.24, 2.45) is 17.8 Å². The Bertz CT molecular complexity index is 836. The SMILES string of the molecule is CCC[C@H]1CC[C@H](CCC2CCC(c3ccccc3CCc3ccc(Cl)cc3)C(F)C2)CC1. The second kappa shape index (κ2) is 12.4. The Labute approximate surface area is 206 Å². The van der Waals surface area contributed by atoms with Gasteiger partial charge in [0.2, 0.25) is 0 Å². The van der Waals surface area contributed by atoms with Gasteiger partial charge < -0.3 is 0 Å². The number of hydrogen-bond acceptors (Lipinski definition) is 0. The van der Waals surface area contributed by atoms with E-state index in [1.54, 1.807) is 0 Å². The summed E-state index contributed by atoms with van der Waals surface area (Å²) in [5, 5.41) is 0.778. The lowest BCUT2D eigenvalue weighted by molar-refractivity contribution is 0.152. The number of halogens is 2. The minimum atomic E-state index is -0.694. The molecule has 2 aliphatic carbocycles. The highest BCUT2D eigenvalue weighted by Gasteiger charge is 2.33. The largest absolute Gasteiger partial charge is 0.247 e. The third kappa shape index (κ3) is 7.08. The third-order valence-corrected chi connectivity index (χ3v) is 8.83. The molecule has 2 aromatic rings. The molecule has 0 amide bonds. The molecule has 3 unspecified atom stereocenters. The second-order valence-electron chi connectivity index (χ2n) is 10.9. The summed E-state index contributed by atoms with van der Waals surface area (Å²) in [4.78, 5) is 0. The zero-order chi connectivity index (χ0) is 23.0. The van der Waals surface area contributed by atoms with Crippen LogP contribution in [0.2, 0.25) is 5.02 Å². The van der Waals surface area contributed by atoms with Crippen LogP contribution in [0.25, 0.3) is 0 Å². The molecular formula is C31H42ClF. The molecule has 33 heavy (non-hydrogen) atoms. The summed E-state index contributed by atoms with van der Waals surface area (Å²) >= 11 is 6.03. The van der Waals surface area contributed by atoms with Gasteiger partial charge in [0.25, 0.3) is 0 Å². The first kappa shape index (κ1) is 24.8. The van der Waals surface area contributed by atoms with Gasteiger partial charge in [0, 0.05) is 10.9 Å². The number of rotatable bonds is 9. The van der Waals surface area contributed by atoms with Gasteiger partial charge in [0.05, 0.1) is 0 Å². The molecule has 180 valence electrons. The highest BCUT2D eigenvalue weighted by atomic mass is 35.5. The molecule has 0 heterocycles. The Kier molecular flexibility index (Phi) is 9.30. The molecule has 2 saturated carbocycles. The fourth-order valence-corrected chi connectivity index (χ4v) is 6.68. The number of alkyl halides is 1. The van der Waals surface area contributed by atoms with Crippen LogP contribution in [-0.2, 0) is 12.8 Å². The van der Waals surface area contributed by atoms with E-state index in [0.29, 0.717) is 5.92 Å². The molecule has 2 heteroatoms. The van der Waals surface area contributed by atoms with E-state index < -0.39 is 6.17 Å². The summed E-state index contributed by atoms with van der Waals surface area (Å²) in [5.41, 5.74) is 3.87. The predicted octanol–water partition coefficient (Wildman–Crippen LogP) is 9.73. The Hall–Kier alpha value is -1.34. The summed E-state index contributed by atoms with van der Waals surface area (Å²) in [7, 11) is 0. The van der Waals surface area contributed by atoms with Crippen LogP contribution in [0, 0.1) is 17.8 Å². The lowest BCUT2D eigenvalue weighted by atomic mass is 9.72. The summed E-state index contributed by atoms with van der Waals surface area (Å²) in [6, 6.07) is 16.7. The van der Waals surface area contributed by atoms with Gasteiger partial charge in [0.1, 0.15) is 6.17 Å². The highest BCUT2D eigenvalue weighted by molar-refractivity contribution is 6.30. The van der Waals surface area contributed by atoms with Gasteiger partial charge in [-0.1, -0.05) is 106 Å². The van der Waals surface area contributed by atoms with Crippen LogP contribution >= 0.6 is 11.6 Å². The Morgan fingerprint density at radius 1 is 0.758 bits per heavy atom. The van der Waals surface area contributed by atoms with Crippen molar-refractivity contribution < 1.29 is 4.39 Å². The monoisotopic (exact) mass is 468 g/mol. The molecule has 0 bridgehead atoms. The first-order chi connectivity index (χ1) is 16.1. The minimum Gasteiger partial charge on any atom is -0.247 e. The first-order valence-electron chi connectivity index (χ1n) is 13.6. The van der Waals surface area contributed by atoms with Crippen molar-refractivity contribution in [3.63, 3.8) is 0 Å². The van der Waals surface area contributed by atoms with Crippen LogP contribution in [0.15, 0.2) is 48.5 Å². The summed E-state index contributed by atoms with van der Waals surface area (Å²) < 4.78 is 15.5. The van der Waals surface area contributed by atoms with Crippen molar-refractivity contribution >= 4 is 11.6 Å². The molecule has 0 aromatic heterocycles. The molecule has 0 N–H and O–H groups in total. The van der Waals surface area contributed by atoms with E-state index >= 15 is 4.39 Å². The molecule has 0 aliphatic heterocycles. The molecule has 4 rings (SSSR count). The average molecular weight is 469 g/mol. The fraction of sp³-hybridized carbons (Fsp3) is 0.613. The van der Waals surface area contributed by atoms with Crippen LogP contribution in [0.1, 0.15) is 100 Å². The number of benzene rings is 2. The molecule has 0 radical (unpaired) electrons. The normalized spacial score (nSPS) is 28.0. The van der Waals surface area contributed by atoms with Gasteiger partial charge >= 0.3 is 0 Å². The van der Waals surface area contributed by atoms with Gasteiger partial charge in [-0.05, 0) is 78.7 Å². The molecular weight excluding hydrogens is 427 g/mol. The molecule has 0 nitrogen and oxygen atoms in total. The van der Waals surface area contributed by atoms with Crippen LogP contribution in [0.4, 0.5) is 4.39 Å². The standard InChI is InChI=1S/C31H42ClF/c1-2-5-23-8-10-24(11-9-23)12-13-26-17-21-30(31(33)22-26)29-7-4-3-6-27(29)18-14-25-15-19-28(32)20-16-25/h3-4,6-7,15-16,19-20,23-24,26,30-31H,2,5,8-14,17-18,21-22H2,1H3/t23-,24-,26?,30?,31?. The first-order valence-corrected chi connectivity index (χ1v) is 14.0. The highest BCUT2D eigenvalue weighted by Crippen LogP contribution is 2.42. The summed E-state index contributed by atoms with van der Waals surface area (Å²) in [6.45, 7) is 2.31. The van der Waals surface area contributed by atoms with Crippen LogP contribution in [0.3, 0.4) is 0 Å². The molecule has 2 fully saturated rings. The topological polar surface area (TPSA) is 0 Å². The summed E-state index contributed by atoms with van der Waals surface area (Å²) in [5.74, 6) is 2.55. The molecule has 0 saturated heterocycles. The van der Waals surface area contributed by atoms with Crippen molar-refractivity contribution in [2.75, 3.05) is 0 Å². The number of aryl methyl sites for hydroxylation is 2. The Morgan fingerprint density at radius 2 is 1.39 bits per heavy atom. The zero-order valence-corrected chi connectivity index (χ0v) is 21.2. The summed E-state index contributed by atoms with van der Waals surface area (Å²) in [6.07, 6.45) is 15.2. The molecule has 2 aliphatic rings. The maximum absolute atomic E-state index is 15.5. The average Bonchev–Trinajstić information content (AvgIpc) is 2.84. The van der Waals surface area contributed by atoms with Crippen molar-refractivity contribution in [3.05, 3.63) is 70.2 Å². The smallest absolute Gasteiger partial charge is 0.107 e. The van der Waals surface area contributed by atoms with Gasteiger partial charge in [-0.15, -0.1) is 0 Å². The molecule has 0 spiro atoms. The Morgan fingerprint density at radius 3 is 2.09 bits per heavy atom. The minimum absolute atomic E-state index is 0.0761. The Balaban J connectivity index is 1.27. The van der Waals surface area contributed by atoms with Crippen molar-refractivity contribution in [1.82, 2.24) is 0 Å². The maximum Gasteiger partial charge on any atom is 0.107 e. The van der Waals surface area contributed by atoms with Gasteiger partial charge in [-0.3, -0.25) is 0 Å². The number of hydrogen-bond donors (Lipinski definition) is 0. The van der Waals surface area contributed by atoms with Crippen molar-refractivity contribution in [1.29, 1.82) is 0 Å². The zero-order valence-electron chi connectivity index (χ0n) is 20.5. The van der Waals surface area contributed by atoms with Gasteiger partial charge in [-0.2, -0.15) is 0 Å². The predicted molar refractivity (Wildman–Crippen MR) is 140 cm³/mol. The van der Waals surface area contributed by atoms with Crippen LogP contribution in [-0.4, -0.2) is 6.17 Å². The quantitative estimate of drug-likeness (QED) is 0.343. The van der Waals surface area contributed by atoms with E-state index in [1.165, 1.54) is 74.5 Å². The van der Waals surface area contributed by atoms with E-state index in [1.807, 2.05) is 12.1 Å². The molecule has 2 aromatic carbocycles. The van der Waals surface area contributed by atoms with E-state index in [2.05, 4.69) is 43.3 Å². The van der Waals surface area contributed by atoms with Gasteiger partial charge in [0.15, 0.2) is 0 Å². The van der Waals surface area contributed by atoms with Crippen molar-refractivity contribution in [3.8, 4) is 0 Å². The van der Waals surface area contributed by atoms with E-state index in [0.717, 1.165) is 42.5 Å². The van der Waals surface area contributed by atoms with Crippen molar-refractivity contribution in [2.45, 2.75) is 102 Å². The van der Waals surface area contributed by atoms with E-state index in [4.69, 9.17) is 11.6 Å². The third-order valence-electron chi connectivity index (χ3n) is 8.58.